The minimum Gasteiger partial charge on any atom is -0.0809 e. The van der Waals surface area contributed by atoms with Crippen molar-refractivity contribution < 1.29 is 0 Å². The van der Waals surface area contributed by atoms with E-state index in [0.717, 1.165) is 0 Å². The first kappa shape index (κ1) is 11.9. The lowest BCUT2D eigenvalue weighted by Crippen LogP contribution is -2.12. The van der Waals surface area contributed by atoms with Gasteiger partial charge < -0.3 is 0 Å². The van der Waals surface area contributed by atoms with Gasteiger partial charge in [0.15, 0.2) is 0 Å². The topological polar surface area (TPSA) is 0 Å². The normalized spacial score (nSPS) is 18.4. The van der Waals surface area contributed by atoms with Crippen molar-refractivity contribution in [3.63, 3.8) is 0 Å². The summed E-state index contributed by atoms with van der Waals surface area (Å²) >= 11 is 0. The van der Waals surface area contributed by atoms with E-state index < -0.39 is 0 Å². The van der Waals surface area contributed by atoms with Crippen molar-refractivity contribution in [2.24, 2.45) is 0 Å². The van der Waals surface area contributed by atoms with Gasteiger partial charge in [-0.15, -0.1) is 0 Å². The van der Waals surface area contributed by atoms with Gasteiger partial charge in [0, 0.05) is 11.2 Å². The molecule has 0 saturated carbocycles. The fraction of sp³-hybridized carbons (Fsp3) is 0.125. The molecule has 2 heteroatoms. The fourth-order valence-electron chi connectivity index (χ4n) is 2.30. The highest BCUT2D eigenvalue weighted by atomic mass is 33.1. The molecular weight excluding hydrogens is 256 g/mol. The Morgan fingerprint density at radius 2 is 1.33 bits per heavy atom. The van der Waals surface area contributed by atoms with Crippen LogP contribution >= 0.6 is 21.6 Å². The van der Waals surface area contributed by atoms with Crippen molar-refractivity contribution in [2.45, 2.75) is 11.2 Å². The molecule has 1 atom stereocenters. The predicted molar refractivity (Wildman–Crippen MR) is 82.8 cm³/mol. The molecular formula is C16H14S2. The molecule has 0 nitrogen and oxygen atoms in total. The lowest BCUT2D eigenvalue weighted by Gasteiger charge is -2.22. The zero-order valence-corrected chi connectivity index (χ0v) is 11.5. The molecule has 3 rings (SSSR count). The van der Waals surface area contributed by atoms with Crippen molar-refractivity contribution in [3.8, 4) is 0 Å². The first-order chi connectivity index (χ1) is 8.95. The van der Waals surface area contributed by atoms with Crippen LogP contribution in [-0.4, -0.2) is 5.25 Å². The van der Waals surface area contributed by atoms with Gasteiger partial charge >= 0.3 is 0 Å². The molecule has 0 spiro atoms. The van der Waals surface area contributed by atoms with Crippen LogP contribution in [0.2, 0.25) is 0 Å². The molecule has 0 fully saturated rings. The third-order valence-electron chi connectivity index (χ3n) is 3.14. The Balaban J connectivity index is 2.01. The number of hydrogen-bond acceptors (Lipinski definition) is 2. The van der Waals surface area contributed by atoms with E-state index in [2.05, 4.69) is 72.1 Å². The van der Waals surface area contributed by atoms with Gasteiger partial charge in [0.2, 0.25) is 0 Å². The Morgan fingerprint density at radius 1 is 0.778 bits per heavy atom. The van der Waals surface area contributed by atoms with E-state index in [1.54, 1.807) is 0 Å². The van der Waals surface area contributed by atoms with Crippen LogP contribution in [0.5, 0.6) is 0 Å². The highest BCUT2D eigenvalue weighted by Crippen LogP contribution is 2.45. The molecule has 2 aromatic rings. The van der Waals surface area contributed by atoms with Crippen molar-refractivity contribution in [1.29, 1.82) is 0 Å². The highest BCUT2D eigenvalue weighted by Gasteiger charge is 2.25. The van der Waals surface area contributed by atoms with E-state index >= 15 is 0 Å². The lowest BCUT2D eigenvalue weighted by molar-refractivity contribution is 0.851. The van der Waals surface area contributed by atoms with Gasteiger partial charge in [0.1, 0.15) is 0 Å². The molecule has 1 unspecified atom stereocenters. The first-order valence-electron chi connectivity index (χ1n) is 6.04. The van der Waals surface area contributed by atoms with E-state index in [1.807, 2.05) is 21.6 Å². The Kier molecular flexibility index (Phi) is 3.77. The zero-order chi connectivity index (χ0) is 12.2. The summed E-state index contributed by atoms with van der Waals surface area (Å²) in [6, 6.07) is 21.6. The van der Waals surface area contributed by atoms with Crippen LogP contribution in [-0.2, 0) is 0 Å². The van der Waals surface area contributed by atoms with Gasteiger partial charge in [-0.2, -0.15) is 0 Å². The maximum atomic E-state index is 2.32. The van der Waals surface area contributed by atoms with E-state index in [4.69, 9.17) is 0 Å². The van der Waals surface area contributed by atoms with Gasteiger partial charge in [-0.25, -0.2) is 0 Å². The fourth-order valence-corrected chi connectivity index (χ4v) is 4.69. The third-order valence-corrected chi connectivity index (χ3v) is 5.50. The van der Waals surface area contributed by atoms with Gasteiger partial charge in [0.25, 0.3) is 0 Å². The summed E-state index contributed by atoms with van der Waals surface area (Å²) in [4.78, 5) is 0. The molecule has 0 amide bonds. The summed E-state index contributed by atoms with van der Waals surface area (Å²) in [5.74, 6) is 0.448. The minimum absolute atomic E-state index is 0.448. The standard InChI is InChI=1S/C16H14S2/c1-3-7-13(8-4-1)16(15-11-12-17-18-15)14-9-5-2-6-10-14/h1-12,15-16H. The first-order valence-corrected chi connectivity index (χ1v) is 8.31. The summed E-state index contributed by atoms with van der Waals surface area (Å²) < 4.78 is 0. The second-order valence-electron chi connectivity index (χ2n) is 4.28. The van der Waals surface area contributed by atoms with Crippen LogP contribution in [0.25, 0.3) is 0 Å². The third kappa shape index (κ3) is 2.50. The van der Waals surface area contributed by atoms with Crippen molar-refractivity contribution in [2.75, 3.05) is 0 Å². The summed E-state index contributed by atoms with van der Waals surface area (Å²) in [6.45, 7) is 0. The van der Waals surface area contributed by atoms with E-state index in [-0.39, 0.29) is 0 Å². The molecule has 0 radical (unpaired) electrons. The van der Waals surface area contributed by atoms with E-state index in [1.165, 1.54) is 11.1 Å². The van der Waals surface area contributed by atoms with Crippen LogP contribution < -0.4 is 0 Å². The molecule has 0 N–H and O–H groups in total. The molecule has 0 bridgehead atoms. The van der Waals surface area contributed by atoms with Crippen LogP contribution in [0, 0.1) is 0 Å². The van der Waals surface area contributed by atoms with Crippen molar-refractivity contribution >= 4 is 21.6 Å². The molecule has 0 saturated heterocycles. The molecule has 1 aliphatic rings. The van der Waals surface area contributed by atoms with Crippen molar-refractivity contribution in [3.05, 3.63) is 83.3 Å². The molecule has 2 aromatic carbocycles. The number of rotatable bonds is 3. The number of benzene rings is 2. The van der Waals surface area contributed by atoms with Gasteiger partial charge in [-0.1, -0.05) is 88.3 Å². The van der Waals surface area contributed by atoms with Crippen LogP contribution in [0.1, 0.15) is 17.0 Å². The minimum atomic E-state index is 0.448. The van der Waals surface area contributed by atoms with E-state index in [9.17, 15) is 0 Å². The van der Waals surface area contributed by atoms with Crippen LogP contribution in [0.3, 0.4) is 0 Å². The quantitative estimate of drug-likeness (QED) is 0.712. The van der Waals surface area contributed by atoms with Crippen LogP contribution in [0.4, 0.5) is 0 Å². The predicted octanol–water partition coefficient (Wildman–Crippen LogP) is 5.10. The second kappa shape index (κ2) is 5.68. The zero-order valence-electron chi connectivity index (χ0n) is 9.90. The second-order valence-corrected chi connectivity index (χ2v) is 6.64. The van der Waals surface area contributed by atoms with Gasteiger partial charge in [0.05, 0.1) is 0 Å². The summed E-state index contributed by atoms with van der Waals surface area (Å²) in [5, 5.41) is 2.73. The molecule has 1 aliphatic heterocycles. The van der Waals surface area contributed by atoms with E-state index in [0.29, 0.717) is 11.2 Å². The maximum Gasteiger partial charge on any atom is 0.0451 e. The average molecular weight is 270 g/mol. The smallest absolute Gasteiger partial charge is 0.0451 e. The lowest BCUT2D eigenvalue weighted by atomic mass is 9.88. The highest BCUT2D eigenvalue weighted by molar-refractivity contribution is 8.78. The molecule has 18 heavy (non-hydrogen) atoms. The summed E-state index contributed by atoms with van der Waals surface area (Å²) in [6.07, 6.45) is 2.32. The van der Waals surface area contributed by atoms with Gasteiger partial charge in [-0.3, -0.25) is 0 Å². The average Bonchev–Trinajstić information content (AvgIpc) is 2.95. The Morgan fingerprint density at radius 3 is 1.78 bits per heavy atom. The largest absolute Gasteiger partial charge is 0.0809 e. The molecule has 1 heterocycles. The van der Waals surface area contributed by atoms with Crippen molar-refractivity contribution in [1.82, 2.24) is 0 Å². The Hall–Kier alpha value is -1.12. The number of hydrogen-bond donors (Lipinski definition) is 0. The SMILES string of the molecule is C1=CC(C(c2ccccc2)c2ccccc2)SS1. The van der Waals surface area contributed by atoms with Crippen LogP contribution in [0.15, 0.2) is 72.1 Å². The Labute approximate surface area is 116 Å². The summed E-state index contributed by atoms with van der Waals surface area (Å²) in [7, 11) is 3.78. The van der Waals surface area contributed by atoms with Gasteiger partial charge in [-0.05, 0) is 16.5 Å². The summed E-state index contributed by atoms with van der Waals surface area (Å²) in [5.41, 5.74) is 2.79. The maximum absolute atomic E-state index is 2.32. The molecule has 90 valence electrons. The molecule has 0 aliphatic carbocycles. The Bertz CT molecular complexity index is 480. The monoisotopic (exact) mass is 270 g/mol. The molecule has 0 aromatic heterocycles.